The molecule has 3 rings (SSSR count). The van der Waals surface area contributed by atoms with Gasteiger partial charge in [-0.25, -0.2) is 4.98 Å². The third-order valence-electron chi connectivity index (χ3n) is 2.75. The number of hydrogen-bond acceptors (Lipinski definition) is 3. The second kappa shape index (κ2) is 4.28. The lowest BCUT2D eigenvalue weighted by molar-refractivity contribution is 0.281. The monoisotopic (exact) mass is 241 g/mol. The Labute approximate surface area is 103 Å². The van der Waals surface area contributed by atoms with E-state index in [1.807, 2.05) is 23.6 Å². The molecule has 0 radical (unpaired) electrons. The molecule has 0 amide bonds. The lowest BCUT2D eigenvalue weighted by atomic mass is 10.0. The number of fused-ring (bicyclic) bond motifs is 1. The van der Waals surface area contributed by atoms with Crippen molar-refractivity contribution in [2.45, 2.75) is 6.61 Å². The van der Waals surface area contributed by atoms with Gasteiger partial charge >= 0.3 is 0 Å². The number of rotatable bonds is 2. The van der Waals surface area contributed by atoms with Gasteiger partial charge in [-0.1, -0.05) is 42.5 Å². The first-order chi connectivity index (χ1) is 8.38. The quantitative estimate of drug-likeness (QED) is 0.745. The lowest BCUT2D eigenvalue weighted by Crippen LogP contribution is -1.83. The Hall–Kier alpha value is -1.71. The summed E-state index contributed by atoms with van der Waals surface area (Å²) in [5.74, 6) is 0. The summed E-state index contributed by atoms with van der Waals surface area (Å²) in [4.78, 5) is 4.42. The topological polar surface area (TPSA) is 33.1 Å². The van der Waals surface area contributed by atoms with Crippen molar-refractivity contribution in [2.24, 2.45) is 0 Å². The van der Waals surface area contributed by atoms with Gasteiger partial charge in [0.1, 0.15) is 5.01 Å². The van der Waals surface area contributed by atoms with E-state index in [2.05, 4.69) is 29.2 Å². The summed E-state index contributed by atoms with van der Waals surface area (Å²) in [5.41, 5.74) is 2.06. The molecule has 0 aliphatic rings. The average Bonchev–Trinajstić information content (AvgIpc) is 2.87. The highest BCUT2D eigenvalue weighted by molar-refractivity contribution is 7.09. The van der Waals surface area contributed by atoms with E-state index in [0.29, 0.717) is 0 Å². The molecule has 0 atom stereocenters. The van der Waals surface area contributed by atoms with Crippen LogP contribution in [0.15, 0.2) is 47.8 Å². The van der Waals surface area contributed by atoms with Crippen LogP contribution in [0.2, 0.25) is 0 Å². The van der Waals surface area contributed by atoms with Gasteiger partial charge in [0.05, 0.1) is 12.3 Å². The van der Waals surface area contributed by atoms with Crippen LogP contribution in [0.3, 0.4) is 0 Å². The van der Waals surface area contributed by atoms with E-state index in [9.17, 15) is 0 Å². The van der Waals surface area contributed by atoms with Crippen LogP contribution in [0.5, 0.6) is 0 Å². The lowest BCUT2D eigenvalue weighted by Gasteiger charge is -2.03. The maximum absolute atomic E-state index is 9.06. The molecule has 1 N–H and O–H groups in total. The predicted octanol–water partition coefficient (Wildman–Crippen LogP) is 3.46. The number of aliphatic hydroxyl groups excluding tert-OH is 1. The summed E-state index contributed by atoms with van der Waals surface area (Å²) >= 11 is 1.49. The Balaban J connectivity index is 2.23. The molecule has 3 aromatic rings. The van der Waals surface area contributed by atoms with Crippen molar-refractivity contribution in [1.29, 1.82) is 0 Å². The number of benzene rings is 2. The van der Waals surface area contributed by atoms with E-state index < -0.39 is 0 Å². The Morgan fingerprint density at radius 1 is 1.06 bits per heavy atom. The van der Waals surface area contributed by atoms with Gasteiger partial charge in [0, 0.05) is 10.9 Å². The first-order valence-corrected chi connectivity index (χ1v) is 6.30. The molecule has 1 aromatic heterocycles. The number of thiazole rings is 1. The minimum absolute atomic E-state index is 0.00936. The van der Waals surface area contributed by atoms with Crippen molar-refractivity contribution in [3.05, 3.63) is 52.9 Å². The van der Waals surface area contributed by atoms with Crippen LogP contribution in [0.1, 0.15) is 5.01 Å². The van der Waals surface area contributed by atoms with Gasteiger partial charge in [0.15, 0.2) is 0 Å². The Morgan fingerprint density at radius 3 is 2.71 bits per heavy atom. The summed E-state index contributed by atoms with van der Waals surface area (Å²) in [6.45, 7) is 0.00936. The first-order valence-electron chi connectivity index (χ1n) is 5.42. The van der Waals surface area contributed by atoms with E-state index in [4.69, 9.17) is 5.11 Å². The maximum atomic E-state index is 9.06. The Kier molecular flexibility index (Phi) is 2.63. The highest BCUT2D eigenvalue weighted by Gasteiger charge is 2.06. The van der Waals surface area contributed by atoms with Crippen molar-refractivity contribution in [3.8, 4) is 11.3 Å². The fraction of sp³-hybridized carbons (Fsp3) is 0.0714. The summed E-state index contributed by atoms with van der Waals surface area (Å²) in [6.07, 6.45) is 0. The predicted molar refractivity (Wildman–Crippen MR) is 71.0 cm³/mol. The molecule has 2 nitrogen and oxygen atoms in total. The van der Waals surface area contributed by atoms with Crippen LogP contribution in [0.4, 0.5) is 0 Å². The van der Waals surface area contributed by atoms with Gasteiger partial charge in [-0.2, -0.15) is 0 Å². The molecule has 0 spiro atoms. The molecular weight excluding hydrogens is 230 g/mol. The van der Waals surface area contributed by atoms with Gasteiger partial charge in [-0.3, -0.25) is 0 Å². The molecule has 0 bridgehead atoms. The summed E-state index contributed by atoms with van der Waals surface area (Å²) in [7, 11) is 0. The van der Waals surface area contributed by atoms with Crippen LogP contribution in [-0.2, 0) is 6.61 Å². The van der Waals surface area contributed by atoms with Crippen molar-refractivity contribution >= 4 is 22.1 Å². The van der Waals surface area contributed by atoms with Crippen LogP contribution < -0.4 is 0 Å². The van der Waals surface area contributed by atoms with E-state index in [-0.39, 0.29) is 6.61 Å². The molecule has 0 saturated carbocycles. The normalized spacial score (nSPS) is 10.9. The number of nitrogens with zero attached hydrogens (tertiary/aromatic N) is 1. The Morgan fingerprint density at radius 2 is 1.88 bits per heavy atom. The zero-order valence-electron chi connectivity index (χ0n) is 9.13. The highest BCUT2D eigenvalue weighted by atomic mass is 32.1. The third-order valence-corrected chi connectivity index (χ3v) is 3.59. The van der Waals surface area contributed by atoms with Crippen molar-refractivity contribution in [2.75, 3.05) is 0 Å². The smallest absolute Gasteiger partial charge is 0.119 e. The summed E-state index contributed by atoms with van der Waals surface area (Å²) in [5, 5.41) is 14.2. The third kappa shape index (κ3) is 1.84. The second-order valence-corrected chi connectivity index (χ2v) is 4.75. The van der Waals surface area contributed by atoms with Crippen molar-refractivity contribution in [1.82, 2.24) is 4.98 Å². The van der Waals surface area contributed by atoms with E-state index in [1.54, 1.807) is 0 Å². The van der Waals surface area contributed by atoms with E-state index in [0.717, 1.165) is 16.3 Å². The number of hydrogen-bond donors (Lipinski definition) is 1. The van der Waals surface area contributed by atoms with E-state index >= 15 is 0 Å². The van der Waals surface area contributed by atoms with Gasteiger partial charge in [0.2, 0.25) is 0 Å². The molecule has 0 fully saturated rings. The standard InChI is InChI=1S/C14H11NOS/c16-8-14-15-13(9-17-14)12-7-3-5-10-4-1-2-6-11(10)12/h1-7,9,16H,8H2. The molecule has 84 valence electrons. The van der Waals surface area contributed by atoms with Crippen molar-refractivity contribution in [3.63, 3.8) is 0 Å². The SMILES string of the molecule is OCc1nc(-c2cccc3ccccc23)cs1. The van der Waals surface area contributed by atoms with Crippen LogP contribution in [0.25, 0.3) is 22.0 Å². The molecule has 2 aromatic carbocycles. The molecule has 1 heterocycles. The summed E-state index contributed by atoms with van der Waals surface area (Å²) < 4.78 is 0. The zero-order valence-corrected chi connectivity index (χ0v) is 9.95. The first kappa shape index (κ1) is 10.4. The minimum Gasteiger partial charge on any atom is -0.389 e. The molecule has 0 unspecified atom stereocenters. The number of aliphatic hydroxyl groups is 1. The molecule has 17 heavy (non-hydrogen) atoms. The zero-order chi connectivity index (χ0) is 11.7. The molecule has 0 saturated heterocycles. The Bertz CT molecular complexity index is 655. The fourth-order valence-electron chi connectivity index (χ4n) is 1.96. The molecule has 0 aliphatic heterocycles. The molecular formula is C14H11NOS. The minimum atomic E-state index is 0.00936. The van der Waals surface area contributed by atoms with E-state index in [1.165, 1.54) is 22.1 Å². The van der Waals surface area contributed by atoms with Gasteiger partial charge < -0.3 is 5.11 Å². The van der Waals surface area contributed by atoms with Gasteiger partial charge in [-0.05, 0) is 10.8 Å². The summed E-state index contributed by atoms with van der Waals surface area (Å²) in [6, 6.07) is 14.5. The van der Waals surface area contributed by atoms with Crippen LogP contribution in [0, 0.1) is 0 Å². The second-order valence-electron chi connectivity index (χ2n) is 3.81. The van der Waals surface area contributed by atoms with Crippen LogP contribution in [-0.4, -0.2) is 10.1 Å². The largest absolute Gasteiger partial charge is 0.389 e. The van der Waals surface area contributed by atoms with Crippen molar-refractivity contribution < 1.29 is 5.11 Å². The van der Waals surface area contributed by atoms with Gasteiger partial charge in [0.25, 0.3) is 0 Å². The maximum Gasteiger partial charge on any atom is 0.119 e. The number of aromatic nitrogens is 1. The van der Waals surface area contributed by atoms with Crippen LogP contribution >= 0.6 is 11.3 Å². The van der Waals surface area contributed by atoms with Gasteiger partial charge in [-0.15, -0.1) is 11.3 Å². The molecule has 3 heteroatoms. The highest BCUT2D eigenvalue weighted by Crippen LogP contribution is 2.29. The average molecular weight is 241 g/mol. The fourth-order valence-corrected chi connectivity index (χ4v) is 2.61. The molecule has 0 aliphatic carbocycles.